The van der Waals surface area contributed by atoms with Crippen molar-refractivity contribution in [2.75, 3.05) is 25.1 Å². The van der Waals surface area contributed by atoms with Crippen LogP contribution in [0.15, 0.2) is 48.5 Å². The molecule has 7 nitrogen and oxygen atoms in total. The monoisotopic (exact) mass is 371 g/mol. The van der Waals surface area contributed by atoms with E-state index in [0.717, 1.165) is 0 Å². The van der Waals surface area contributed by atoms with Crippen LogP contribution in [0, 0.1) is 0 Å². The lowest BCUT2D eigenvalue weighted by Gasteiger charge is -2.09. The molecule has 0 saturated heterocycles. The number of benzene rings is 2. The first-order chi connectivity index (χ1) is 13.0. The van der Waals surface area contributed by atoms with E-state index in [1.54, 1.807) is 62.4 Å². The van der Waals surface area contributed by atoms with Crippen molar-refractivity contribution in [1.29, 1.82) is 0 Å². The fraction of sp³-hybridized carbons (Fsp3) is 0.250. The number of hydrogen-bond acceptors (Lipinski definition) is 6. The van der Waals surface area contributed by atoms with Crippen LogP contribution in [-0.4, -0.2) is 37.7 Å². The highest BCUT2D eigenvalue weighted by molar-refractivity contribution is 5.93. The van der Waals surface area contributed by atoms with Crippen molar-refractivity contribution < 1.29 is 28.6 Å². The molecule has 0 heterocycles. The number of hydrogen-bond donors (Lipinski definition) is 1. The number of rotatable bonds is 8. The van der Waals surface area contributed by atoms with Gasteiger partial charge in [-0.1, -0.05) is 0 Å². The molecular formula is C20H21NO6. The standard InChI is InChI=1S/C20H21NO6/c1-3-25-19(23)14-5-9-16(10-6-14)21-18(22)13-27-17-11-7-15(8-12-17)20(24)26-4-2/h5-12H,3-4,13H2,1-2H3,(H,21,22). The van der Waals surface area contributed by atoms with E-state index in [4.69, 9.17) is 14.2 Å². The van der Waals surface area contributed by atoms with Gasteiger partial charge in [-0.3, -0.25) is 4.79 Å². The maximum Gasteiger partial charge on any atom is 0.338 e. The molecule has 0 aromatic heterocycles. The minimum atomic E-state index is -0.412. The van der Waals surface area contributed by atoms with Gasteiger partial charge in [-0.25, -0.2) is 9.59 Å². The third-order valence-corrected chi connectivity index (χ3v) is 3.42. The SMILES string of the molecule is CCOC(=O)c1ccc(NC(=O)COc2ccc(C(=O)OCC)cc2)cc1. The fourth-order valence-corrected chi connectivity index (χ4v) is 2.15. The van der Waals surface area contributed by atoms with Crippen LogP contribution < -0.4 is 10.1 Å². The highest BCUT2D eigenvalue weighted by Gasteiger charge is 2.09. The lowest BCUT2D eigenvalue weighted by Crippen LogP contribution is -2.20. The van der Waals surface area contributed by atoms with Crippen molar-refractivity contribution in [2.24, 2.45) is 0 Å². The molecule has 1 N–H and O–H groups in total. The van der Waals surface area contributed by atoms with Crippen LogP contribution in [0.1, 0.15) is 34.6 Å². The van der Waals surface area contributed by atoms with Gasteiger partial charge in [-0.2, -0.15) is 0 Å². The molecule has 2 rings (SSSR count). The molecule has 7 heteroatoms. The number of nitrogens with one attached hydrogen (secondary N) is 1. The predicted octanol–water partition coefficient (Wildman–Crippen LogP) is 3.06. The lowest BCUT2D eigenvalue weighted by atomic mass is 10.2. The summed E-state index contributed by atoms with van der Waals surface area (Å²) in [7, 11) is 0. The van der Waals surface area contributed by atoms with Gasteiger partial charge in [-0.15, -0.1) is 0 Å². The molecule has 142 valence electrons. The second-order valence-corrected chi connectivity index (χ2v) is 5.38. The van der Waals surface area contributed by atoms with E-state index in [2.05, 4.69) is 5.32 Å². The maximum atomic E-state index is 12.0. The van der Waals surface area contributed by atoms with Crippen LogP contribution in [0.2, 0.25) is 0 Å². The van der Waals surface area contributed by atoms with Gasteiger partial charge in [-0.05, 0) is 62.4 Å². The Morgan fingerprint density at radius 3 is 1.74 bits per heavy atom. The van der Waals surface area contributed by atoms with Crippen molar-refractivity contribution in [1.82, 2.24) is 0 Å². The first kappa shape index (κ1) is 20.0. The Kier molecular flexibility index (Phi) is 7.37. The molecule has 27 heavy (non-hydrogen) atoms. The van der Waals surface area contributed by atoms with Crippen molar-refractivity contribution in [3.8, 4) is 5.75 Å². The largest absolute Gasteiger partial charge is 0.484 e. The van der Waals surface area contributed by atoms with E-state index in [1.165, 1.54) is 0 Å². The van der Waals surface area contributed by atoms with Gasteiger partial charge in [0.2, 0.25) is 0 Å². The first-order valence-corrected chi connectivity index (χ1v) is 8.50. The number of ether oxygens (including phenoxy) is 3. The van der Waals surface area contributed by atoms with Gasteiger partial charge in [0.05, 0.1) is 24.3 Å². The Morgan fingerprint density at radius 1 is 0.778 bits per heavy atom. The molecule has 0 spiro atoms. The summed E-state index contributed by atoms with van der Waals surface area (Å²) in [6.07, 6.45) is 0. The summed E-state index contributed by atoms with van der Waals surface area (Å²) in [6.45, 7) is 3.88. The van der Waals surface area contributed by atoms with Gasteiger partial charge in [0.1, 0.15) is 5.75 Å². The average Bonchev–Trinajstić information content (AvgIpc) is 2.68. The average molecular weight is 371 g/mol. The number of amides is 1. The Labute approximate surface area is 157 Å². The van der Waals surface area contributed by atoms with Crippen LogP contribution in [0.4, 0.5) is 5.69 Å². The summed E-state index contributed by atoms with van der Waals surface area (Å²) >= 11 is 0. The number of anilines is 1. The molecule has 2 aromatic rings. The summed E-state index contributed by atoms with van der Waals surface area (Å²) < 4.78 is 15.2. The Morgan fingerprint density at radius 2 is 1.26 bits per heavy atom. The number of esters is 2. The van der Waals surface area contributed by atoms with Crippen LogP contribution in [-0.2, 0) is 14.3 Å². The van der Waals surface area contributed by atoms with Crippen molar-refractivity contribution in [3.63, 3.8) is 0 Å². The fourth-order valence-electron chi connectivity index (χ4n) is 2.15. The molecule has 0 atom stereocenters. The number of carbonyl (C=O) groups excluding carboxylic acids is 3. The van der Waals surface area contributed by atoms with Gasteiger partial charge in [0.25, 0.3) is 5.91 Å². The van der Waals surface area contributed by atoms with Crippen molar-refractivity contribution in [2.45, 2.75) is 13.8 Å². The zero-order chi connectivity index (χ0) is 19.6. The minimum Gasteiger partial charge on any atom is -0.484 e. The van der Waals surface area contributed by atoms with E-state index in [1.807, 2.05) is 0 Å². The molecule has 0 saturated carbocycles. The quantitative estimate of drug-likeness (QED) is 0.717. The van der Waals surface area contributed by atoms with Crippen molar-refractivity contribution in [3.05, 3.63) is 59.7 Å². The van der Waals surface area contributed by atoms with Gasteiger partial charge in [0, 0.05) is 5.69 Å². The molecule has 0 radical (unpaired) electrons. The second-order valence-electron chi connectivity index (χ2n) is 5.38. The number of carbonyl (C=O) groups is 3. The van der Waals surface area contributed by atoms with E-state index in [9.17, 15) is 14.4 Å². The molecule has 1 amide bonds. The van der Waals surface area contributed by atoms with Crippen LogP contribution in [0.25, 0.3) is 0 Å². The minimum absolute atomic E-state index is 0.196. The van der Waals surface area contributed by atoms with Gasteiger partial charge >= 0.3 is 11.9 Å². The van der Waals surface area contributed by atoms with Gasteiger partial charge < -0.3 is 19.5 Å². The Bertz CT molecular complexity index is 783. The summed E-state index contributed by atoms with van der Waals surface area (Å²) in [5, 5.41) is 2.67. The van der Waals surface area contributed by atoms with Crippen LogP contribution in [0.3, 0.4) is 0 Å². The van der Waals surface area contributed by atoms with E-state index in [-0.39, 0.29) is 12.5 Å². The molecular weight excluding hydrogens is 350 g/mol. The Hall–Kier alpha value is -3.35. The summed E-state index contributed by atoms with van der Waals surface area (Å²) in [5.41, 5.74) is 1.36. The molecule has 0 aliphatic heterocycles. The summed E-state index contributed by atoms with van der Waals surface area (Å²) in [4.78, 5) is 35.1. The topological polar surface area (TPSA) is 90.9 Å². The first-order valence-electron chi connectivity index (χ1n) is 8.50. The second kappa shape index (κ2) is 9.96. The molecule has 0 fully saturated rings. The molecule has 0 aliphatic carbocycles. The lowest BCUT2D eigenvalue weighted by molar-refractivity contribution is -0.118. The third kappa shape index (κ3) is 6.14. The highest BCUT2D eigenvalue weighted by atomic mass is 16.5. The zero-order valence-corrected chi connectivity index (χ0v) is 15.2. The Balaban J connectivity index is 1.83. The summed E-state index contributed by atoms with van der Waals surface area (Å²) in [6, 6.07) is 12.7. The van der Waals surface area contributed by atoms with E-state index >= 15 is 0 Å². The maximum absolute atomic E-state index is 12.0. The molecule has 2 aromatic carbocycles. The highest BCUT2D eigenvalue weighted by Crippen LogP contribution is 2.14. The predicted molar refractivity (Wildman–Crippen MR) is 98.9 cm³/mol. The van der Waals surface area contributed by atoms with Crippen molar-refractivity contribution >= 4 is 23.5 Å². The molecule has 0 bridgehead atoms. The van der Waals surface area contributed by atoms with Gasteiger partial charge in [0.15, 0.2) is 6.61 Å². The normalized spacial score (nSPS) is 10.0. The smallest absolute Gasteiger partial charge is 0.338 e. The van der Waals surface area contributed by atoms with E-state index in [0.29, 0.717) is 35.8 Å². The van der Waals surface area contributed by atoms with Crippen LogP contribution >= 0.6 is 0 Å². The molecule has 0 aliphatic rings. The van der Waals surface area contributed by atoms with E-state index < -0.39 is 11.9 Å². The third-order valence-electron chi connectivity index (χ3n) is 3.42. The zero-order valence-electron chi connectivity index (χ0n) is 15.2. The summed E-state index contributed by atoms with van der Waals surface area (Å²) in [5.74, 6) is -0.720. The molecule has 0 unspecified atom stereocenters. The van der Waals surface area contributed by atoms with Crippen LogP contribution in [0.5, 0.6) is 5.75 Å².